The molecule has 0 aromatic carbocycles. The Morgan fingerprint density at radius 2 is 2.39 bits per heavy atom. The van der Waals surface area contributed by atoms with Gasteiger partial charge in [0.15, 0.2) is 11.6 Å². The monoisotopic (exact) mass is 388 g/mol. The number of hydrogen-bond donors (Lipinski definition) is 3. The minimum absolute atomic E-state index is 0.0180. The summed E-state index contributed by atoms with van der Waals surface area (Å²) in [4.78, 5) is 26.8. The van der Waals surface area contributed by atoms with Gasteiger partial charge in [0.2, 0.25) is 5.88 Å². The lowest BCUT2D eigenvalue weighted by Crippen LogP contribution is -2.23. The van der Waals surface area contributed by atoms with Crippen LogP contribution in [0.4, 0.5) is 21.7 Å². The number of H-pyrrole nitrogens is 1. The van der Waals surface area contributed by atoms with Crippen molar-refractivity contribution in [3.05, 3.63) is 30.0 Å². The molecule has 10 nitrogen and oxygen atoms in total. The van der Waals surface area contributed by atoms with Gasteiger partial charge in [-0.05, 0) is 20.4 Å². The lowest BCUT2D eigenvalue weighted by Gasteiger charge is -2.15. The molecular formula is C17H21FN8O2. The molecule has 3 rings (SSSR count). The van der Waals surface area contributed by atoms with Crippen LogP contribution in [0, 0.1) is 0 Å². The molecule has 148 valence electrons. The Kier molecular flexibility index (Phi) is 5.94. The zero-order valence-electron chi connectivity index (χ0n) is 15.5. The molecule has 4 N–H and O–H groups in total. The van der Waals surface area contributed by atoms with Crippen molar-refractivity contribution < 1.29 is 13.9 Å². The number of nitrogens with two attached hydrogens (primary N) is 1. The molecule has 1 atom stereocenters. The van der Waals surface area contributed by atoms with Crippen LogP contribution in [0.3, 0.4) is 0 Å². The second-order valence-electron chi connectivity index (χ2n) is 6.25. The van der Waals surface area contributed by atoms with Crippen molar-refractivity contribution >= 4 is 29.4 Å². The largest absolute Gasteiger partial charge is 0.471 e. The number of allylic oxidation sites excluding steroid dienone is 2. The van der Waals surface area contributed by atoms with Gasteiger partial charge in [0.05, 0.1) is 12.4 Å². The van der Waals surface area contributed by atoms with E-state index < -0.39 is 11.7 Å². The number of nitrogens with zero attached hydrogens (tertiary/aromatic N) is 5. The molecule has 28 heavy (non-hydrogen) atoms. The van der Waals surface area contributed by atoms with Gasteiger partial charge in [0, 0.05) is 13.1 Å². The molecule has 1 amide bonds. The van der Waals surface area contributed by atoms with E-state index in [9.17, 15) is 9.18 Å². The first kappa shape index (κ1) is 19.4. The number of carbonyl (C=O) groups is 1. The van der Waals surface area contributed by atoms with Gasteiger partial charge >= 0.3 is 0 Å². The molecule has 0 radical (unpaired) electrons. The number of ether oxygens (including phenoxy) is 1. The third kappa shape index (κ3) is 4.49. The average Bonchev–Trinajstić information content (AvgIpc) is 3.26. The van der Waals surface area contributed by atoms with Gasteiger partial charge in [-0.3, -0.25) is 9.89 Å². The summed E-state index contributed by atoms with van der Waals surface area (Å²) in [5, 5.41) is 8.92. The molecule has 2 aromatic heterocycles. The third-order valence-electron chi connectivity index (χ3n) is 4.15. The Balaban J connectivity index is 1.79. The highest BCUT2D eigenvalue weighted by Crippen LogP contribution is 2.27. The van der Waals surface area contributed by atoms with Gasteiger partial charge in [0.1, 0.15) is 29.5 Å². The van der Waals surface area contributed by atoms with Crippen LogP contribution in [-0.2, 0) is 0 Å². The van der Waals surface area contributed by atoms with Gasteiger partial charge in [-0.2, -0.15) is 10.1 Å². The van der Waals surface area contributed by atoms with E-state index in [4.69, 9.17) is 10.5 Å². The summed E-state index contributed by atoms with van der Waals surface area (Å²) < 4.78 is 19.2. The fraction of sp³-hybridized carbons (Fsp3) is 0.353. The van der Waals surface area contributed by atoms with Gasteiger partial charge < -0.3 is 20.7 Å². The Morgan fingerprint density at radius 1 is 1.57 bits per heavy atom. The van der Waals surface area contributed by atoms with Gasteiger partial charge in [-0.1, -0.05) is 6.08 Å². The number of rotatable bonds is 6. The zero-order valence-corrected chi connectivity index (χ0v) is 15.5. The van der Waals surface area contributed by atoms with E-state index in [2.05, 4.69) is 35.4 Å². The first-order valence-electron chi connectivity index (χ1n) is 8.64. The van der Waals surface area contributed by atoms with Crippen molar-refractivity contribution in [1.29, 1.82) is 0 Å². The number of carbonyl (C=O) groups excluding carboxylic acids is 1. The summed E-state index contributed by atoms with van der Waals surface area (Å²) in [5.41, 5.74) is 6.04. The predicted molar refractivity (Wildman–Crippen MR) is 103 cm³/mol. The Hall–Kier alpha value is -3.34. The summed E-state index contributed by atoms with van der Waals surface area (Å²) in [6, 6.07) is 0. The highest BCUT2D eigenvalue weighted by molar-refractivity contribution is 6.11. The number of aromatic amines is 1. The number of aromatic nitrogens is 4. The van der Waals surface area contributed by atoms with E-state index in [0.29, 0.717) is 0 Å². The minimum Gasteiger partial charge on any atom is -0.471 e. The van der Waals surface area contributed by atoms with E-state index >= 15 is 0 Å². The lowest BCUT2D eigenvalue weighted by atomic mass is 10.2. The highest BCUT2D eigenvalue weighted by Gasteiger charge is 2.24. The molecule has 1 fully saturated rings. The van der Waals surface area contributed by atoms with Crippen LogP contribution in [0.2, 0.25) is 0 Å². The summed E-state index contributed by atoms with van der Waals surface area (Å²) in [6.45, 7) is 3.21. The molecule has 0 aliphatic carbocycles. The van der Waals surface area contributed by atoms with Crippen molar-refractivity contribution in [2.45, 2.75) is 19.4 Å². The van der Waals surface area contributed by atoms with Gasteiger partial charge in [-0.15, -0.1) is 0 Å². The first-order valence-corrected chi connectivity index (χ1v) is 8.64. The minimum atomic E-state index is -0.595. The number of anilines is 2. The maximum Gasteiger partial charge on any atom is 0.263 e. The molecule has 0 bridgehead atoms. The molecule has 1 saturated heterocycles. The Labute approximate surface area is 160 Å². The van der Waals surface area contributed by atoms with Crippen molar-refractivity contribution in [3.8, 4) is 5.88 Å². The quantitative estimate of drug-likeness (QED) is 0.641. The molecule has 2 aromatic rings. The number of likely N-dealkylation sites (N-methyl/N-ethyl adjacent to an activating group) is 1. The van der Waals surface area contributed by atoms with Crippen LogP contribution in [0.25, 0.3) is 0 Å². The van der Waals surface area contributed by atoms with E-state index in [-0.39, 0.29) is 34.9 Å². The average molecular weight is 388 g/mol. The van der Waals surface area contributed by atoms with Crippen molar-refractivity contribution in [2.75, 3.05) is 31.2 Å². The number of amides is 1. The standard InChI is InChI=1S/C17H21FN8O2/c1-3-10(18)6-21-15-13(14(19)24-25-15)16(27)23-12-7-20-9-22-17(12)28-11-4-5-26(2)8-11/h3,6-7,9,11H,4-5,8H2,1-2H3,(H,23,27)(H3,19,24,25)/b10-3+,21-6-/t11-/m0/s1. The summed E-state index contributed by atoms with van der Waals surface area (Å²) in [5.74, 6) is -0.933. The molecule has 0 saturated carbocycles. The second kappa shape index (κ2) is 8.57. The number of nitrogens with one attached hydrogen (secondary N) is 2. The zero-order chi connectivity index (χ0) is 20.1. The third-order valence-corrected chi connectivity index (χ3v) is 4.15. The number of hydrogen-bond acceptors (Lipinski definition) is 8. The van der Waals surface area contributed by atoms with Crippen LogP contribution in [0.5, 0.6) is 5.88 Å². The SMILES string of the molecule is C/C=C(F)\C=N/c1[nH]nc(N)c1C(=O)Nc1cncnc1O[C@H]1CCN(C)C1. The lowest BCUT2D eigenvalue weighted by molar-refractivity contribution is 0.102. The number of halogens is 1. The summed E-state index contributed by atoms with van der Waals surface area (Å²) in [7, 11) is 2.01. The maximum absolute atomic E-state index is 13.3. The molecule has 0 spiro atoms. The van der Waals surface area contributed by atoms with Gasteiger partial charge in [-0.25, -0.2) is 14.4 Å². The second-order valence-corrected chi connectivity index (χ2v) is 6.25. The van der Waals surface area contributed by atoms with Crippen molar-refractivity contribution in [3.63, 3.8) is 0 Å². The molecule has 11 heteroatoms. The van der Waals surface area contributed by atoms with E-state index in [1.165, 1.54) is 25.5 Å². The molecule has 1 aliphatic heterocycles. The van der Waals surface area contributed by atoms with Crippen LogP contribution in [0.15, 0.2) is 29.4 Å². The van der Waals surface area contributed by atoms with Crippen LogP contribution in [0.1, 0.15) is 23.7 Å². The summed E-state index contributed by atoms with van der Waals surface area (Å²) >= 11 is 0. The van der Waals surface area contributed by atoms with E-state index in [1.807, 2.05) is 7.05 Å². The maximum atomic E-state index is 13.3. The fourth-order valence-corrected chi connectivity index (χ4v) is 2.70. The molecule has 1 aliphatic rings. The van der Waals surface area contributed by atoms with Crippen molar-refractivity contribution in [1.82, 2.24) is 25.1 Å². The Bertz CT molecular complexity index is 910. The molecular weight excluding hydrogens is 367 g/mol. The molecule has 0 unspecified atom stereocenters. The van der Waals surface area contributed by atoms with Crippen molar-refractivity contribution in [2.24, 2.45) is 4.99 Å². The fourth-order valence-electron chi connectivity index (χ4n) is 2.70. The number of nitrogen functional groups attached to an aromatic ring is 1. The predicted octanol–water partition coefficient (Wildman–Crippen LogP) is 1.69. The van der Waals surface area contributed by atoms with Crippen LogP contribution < -0.4 is 15.8 Å². The number of likely N-dealkylation sites (tertiary alicyclic amines) is 1. The highest BCUT2D eigenvalue weighted by atomic mass is 19.1. The summed E-state index contributed by atoms with van der Waals surface area (Å²) in [6.07, 6.45) is 5.79. The van der Waals surface area contributed by atoms with E-state index in [0.717, 1.165) is 25.7 Å². The smallest absolute Gasteiger partial charge is 0.263 e. The first-order chi connectivity index (χ1) is 13.5. The van der Waals surface area contributed by atoms with E-state index in [1.54, 1.807) is 0 Å². The number of aliphatic imine (C=N–C) groups is 1. The Morgan fingerprint density at radius 3 is 3.11 bits per heavy atom. The van der Waals surface area contributed by atoms with Crippen LogP contribution in [-0.4, -0.2) is 63.4 Å². The molecule has 3 heterocycles. The van der Waals surface area contributed by atoms with Crippen LogP contribution >= 0.6 is 0 Å². The van der Waals surface area contributed by atoms with Gasteiger partial charge in [0.25, 0.3) is 5.91 Å². The normalized spacial score (nSPS) is 18.0. The topological polar surface area (TPSA) is 134 Å².